The van der Waals surface area contributed by atoms with Gasteiger partial charge in [-0.15, -0.1) is 0 Å². The predicted molar refractivity (Wildman–Crippen MR) is 81.8 cm³/mol. The molecule has 2 N–H and O–H groups in total. The molecule has 1 aliphatic heterocycles. The lowest BCUT2D eigenvalue weighted by atomic mass is 10.2. The van der Waals surface area contributed by atoms with Gasteiger partial charge in [0.2, 0.25) is 0 Å². The largest absolute Gasteiger partial charge is 0.378 e. The van der Waals surface area contributed by atoms with Crippen LogP contribution in [-0.2, 0) is 4.74 Å². The molecule has 0 unspecified atom stereocenters. The molecule has 1 aliphatic carbocycles. The number of anilines is 2. The molecule has 1 aromatic rings. The Bertz CT molecular complexity index is 452. The number of thiocarbonyl (C=S) groups is 1. The van der Waals surface area contributed by atoms with E-state index in [1.165, 1.54) is 18.5 Å². The van der Waals surface area contributed by atoms with Crippen LogP contribution < -0.4 is 15.5 Å². The SMILES string of the molecule is NC(=S)N(c1ccc(N2CCOCC2)cc1)C1CC1. The molecule has 0 spiro atoms. The summed E-state index contributed by atoms with van der Waals surface area (Å²) in [6, 6.07) is 9.03. The monoisotopic (exact) mass is 277 g/mol. The van der Waals surface area contributed by atoms with Crippen molar-refractivity contribution in [2.75, 3.05) is 36.1 Å². The maximum atomic E-state index is 5.82. The third-order valence-corrected chi connectivity index (χ3v) is 3.85. The average molecular weight is 277 g/mol. The van der Waals surface area contributed by atoms with Gasteiger partial charge in [-0.1, -0.05) is 0 Å². The van der Waals surface area contributed by atoms with Gasteiger partial charge < -0.3 is 20.3 Å². The summed E-state index contributed by atoms with van der Waals surface area (Å²) in [5, 5.41) is 0.474. The fraction of sp³-hybridized carbons (Fsp3) is 0.500. The van der Waals surface area contributed by atoms with Crippen LogP contribution in [-0.4, -0.2) is 37.5 Å². The van der Waals surface area contributed by atoms with Crippen molar-refractivity contribution in [1.82, 2.24) is 0 Å². The van der Waals surface area contributed by atoms with E-state index >= 15 is 0 Å². The van der Waals surface area contributed by atoms with Crippen molar-refractivity contribution in [1.29, 1.82) is 0 Å². The molecule has 1 aromatic carbocycles. The molecule has 1 saturated carbocycles. The van der Waals surface area contributed by atoms with Crippen molar-refractivity contribution in [3.8, 4) is 0 Å². The molecule has 5 heteroatoms. The van der Waals surface area contributed by atoms with Crippen molar-refractivity contribution in [3.63, 3.8) is 0 Å². The molecule has 4 nitrogen and oxygen atoms in total. The Kier molecular flexibility index (Phi) is 3.57. The van der Waals surface area contributed by atoms with Crippen LogP contribution >= 0.6 is 12.2 Å². The highest BCUT2D eigenvalue weighted by Crippen LogP contribution is 2.32. The van der Waals surface area contributed by atoms with Gasteiger partial charge in [0.1, 0.15) is 0 Å². The lowest BCUT2D eigenvalue weighted by molar-refractivity contribution is 0.122. The van der Waals surface area contributed by atoms with Gasteiger partial charge in [-0.3, -0.25) is 0 Å². The minimum Gasteiger partial charge on any atom is -0.378 e. The molecule has 3 rings (SSSR count). The van der Waals surface area contributed by atoms with Crippen molar-refractivity contribution >= 4 is 28.7 Å². The van der Waals surface area contributed by atoms with Crippen LogP contribution in [0.3, 0.4) is 0 Å². The summed E-state index contributed by atoms with van der Waals surface area (Å²) in [6.45, 7) is 3.54. The summed E-state index contributed by atoms with van der Waals surface area (Å²) in [6.07, 6.45) is 2.37. The topological polar surface area (TPSA) is 41.7 Å². The second-order valence-corrected chi connectivity index (χ2v) is 5.47. The van der Waals surface area contributed by atoms with Gasteiger partial charge in [-0.25, -0.2) is 0 Å². The quantitative estimate of drug-likeness (QED) is 0.852. The molecule has 102 valence electrons. The normalized spacial score (nSPS) is 19.3. The van der Waals surface area contributed by atoms with Crippen molar-refractivity contribution in [2.24, 2.45) is 5.73 Å². The van der Waals surface area contributed by atoms with Crippen molar-refractivity contribution < 1.29 is 4.74 Å². The number of hydrogen-bond donors (Lipinski definition) is 1. The van der Waals surface area contributed by atoms with Gasteiger partial charge in [-0.05, 0) is 49.3 Å². The molecular weight excluding hydrogens is 258 g/mol. The van der Waals surface area contributed by atoms with Crippen LogP contribution in [0.15, 0.2) is 24.3 Å². The molecule has 0 atom stereocenters. The first kappa shape index (κ1) is 12.7. The molecule has 0 radical (unpaired) electrons. The number of morpholine rings is 1. The number of ether oxygens (including phenoxy) is 1. The van der Waals surface area contributed by atoms with Crippen molar-refractivity contribution in [2.45, 2.75) is 18.9 Å². The van der Waals surface area contributed by atoms with Gasteiger partial charge in [0.15, 0.2) is 5.11 Å². The van der Waals surface area contributed by atoms with Crippen LogP contribution in [0.1, 0.15) is 12.8 Å². The second-order valence-electron chi connectivity index (χ2n) is 5.06. The van der Waals surface area contributed by atoms with Gasteiger partial charge in [0.25, 0.3) is 0 Å². The van der Waals surface area contributed by atoms with Crippen LogP contribution in [0.2, 0.25) is 0 Å². The molecule has 0 amide bonds. The lowest BCUT2D eigenvalue weighted by Gasteiger charge is -2.29. The first-order valence-electron chi connectivity index (χ1n) is 6.77. The van der Waals surface area contributed by atoms with Gasteiger partial charge in [-0.2, -0.15) is 0 Å². The molecule has 0 aromatic heterocycles. The average Bonchev–Trinajstić information content (AvgIpc) is 3.25. The minimum absolute atomic E-state index is 0.474. The summed E-state index contributed by atoms with van der Waals surface area (Å²) in [7, 11) is 0. The fourth-order valence-corrected chi connectivity index (χ4v) is 2.75. The Morgan fingerprint density at radius 3 is 2.37 bits per heavy atom. The zero-order chi connectivity index (χ0) is 13.2. The van der Waals surface area contributed by atoms with Gasteiger partial charge in [0.05, 0.1) is 13.2 Å². The highest BCUT2D eigenvalue weighted by molar-refractivity contribution is 7.80. The maximum absolute atomic E-state index is 5.82. The molecular formula is C14H19N3OS. The fourth-order valence-electron chi connectivity index (χ4n) is 2.50. The predicted octanol–water partition coefficient (Wildman–Crippen LogP) is 1.74. The summed E-state index contributed by atoms with van der Waals surface area (Å²) in [4.78, 5) is 4.41. The first-order chi connectivity index (χ1) is 9.25. The number of hydrogen-bond acceptors (Lipinski definition) is 3. The van der Waals surface area contributed by atoms with Gasteiger partial charge in [0, 0.05) is 30.5 Å². The van der Waals surface area contributed by atoms with Crippen LogP contribution in [0.5, 0.6) is 0 Å². The Hall–Kier alpha value is -1.33. The summed E-state index contributed by atoms with van der Waals surface area (Å²) in [5.74, 6) is 0. The Morgan fingerprint density at radius 2 is 1.84 bits per heavy atom. The highest BCUT2D eigenvalue weighted by atomic mass is 32.1. The molecule has 1 heterocycles. The molecule has 2 fully saturated rings. The van der Waals surface area contributed by atoms with Crippen molar-refractivity contribution in [3.05, 3.63) is 24.3 Å². The number of rotatable bonds is 3. The summed E-state index contributed by atoms with van der Waals surface area (Å²) >= 11 is 5.15. The minimum atomic E-state index is 0.474. The van der Waals surface area contributed by atoms with E-state index in [2.05, 4.69) is 34.1 Å². The van der Waals surface area contributed by atoms with E-state index in [9.17, 15) is 0 Å². The van der Waals surface area contributed by atoms with E-state index in [1.54, 1.807) is 0 Å². The van der Waals surface area contributed by atoms with Crippen LogP contribution in [0.25, 0.3) is 0 Å². The van der Waals surface area contributed by atoms with Gasteiger partial charge >= 0.3 is 0 Å². The lowest BCUT2D eigenvalue weighted by Crippen LogP contribution is -2.38. The molecule has 19 heavy (non-hydrogen) atoms. The Balaban J connectivity index is 1.75. The van der Waals surface area contributed by atoms with E-state index < -0.39 is 0 Å². The highest BCUT2D eigenvalue weighted by Gasteiger charge is 2.31. The number of nitrogens with zero attached hydrogens (tertiary/aromatic N) is 2. The Morgan fingerprint density at radius 1 is 1.21 bits per heavy atom. The zero-order valence-corrected chi connectivity index (χ0v) is 11.7. The van der Waals surface area contributed by atoms with E-state index in [0.717, 1.165) is 32.0 Å². The molecule has 1 saturated heterocycles. The zero-order valence-electron chi connectivity index (χ0n) is 10.9. The first-order valence-corrected chi connectivity index (χ1v) is 7.18. The standard InChI is InChI=1S/C14H19N3OS/c15-14(19)17(13-5-6-13)12-3-1-11(2-4-12)16-7-9-18-10-8-16/h1-4,13H,5-10H2,(H2,15,19). The van der Waals surface area contributed by atoms with Crippen LogP contribution in [0, 0.1) is 0 Å². The maximum Gasteiger partial charge on any atom is 0.171 e. The number of benzene rings is 1. The van der Waals surface area contributed by atoms with E-state index in [4.69, 9.17) is 22.7 Å². The smallest absolute Gasteiger partial charge is 0.171 e. The van der Waals surface area contributed by atoms with E-state index in [1.807, 2.05) is 0 Å². The number of nitrogens with two attached hydrogens (primary N) is 1. The Labute approximate surface area is 119 Å². The summed E-state index contributed by atoms with van der Waals surface area (Å²) in [5.41, 5.74) is 8.17. The third-order valence-electron chi connectivity index (χ3n) is 3.65. The van der Waals surface area contributed by atoms with Crippen LogP contribution in [0.4, 0.5) is 11.4 Å². The third kappa shape index (κ3) is 2.82. The summed E-state index contributed by atoms with van der Waals surface area (Å²) < 4.78 is 5.37. The molecule has 0 bridgehead atoms. The van der Waals surface area contributed by atoms with E-state index in [0.29, 0.717) is 11.2 Å². The molecule has 2 aliphatic rings. The second kappa shape index (κ2) is 5.35. The van der Waals surface area contributed by atoms with E-state index in [-0.39, 0.29) is 0 Å².